The van der Waals surface area contributed by atoms with Gasteiger partial charge in [0.1, 0.15) is 6.04 Å². The zero-order chi connectivity index (χ0) is 15.0. The Bertz CT molecular complexity index is 451. The summed E-state index contributed by atoms with van der Waals surface area (Å²) in [5, 5.41) is 17.6. The van der Waals surface area contributed by atoms with Gasteiger partial charge in [0.2, 0.25) is 5.89 Å². The summed E-state index contributed by atoms with van der Waals surface area (Å²) in [6, 6.07) is -1.40. The Morgan fingerprint density at radius 1 is 1.50 bits per heavy atom. The molecule has 0 fully saturated rings. The highest BCUT2D eigenvalue weighted by Gasteiger charge is 2.19. The van der Waals surface area contributed by atoms with E-state index in [4.69, 9.17) is 9.63 Å². The van der Waals surface area contributed by atoms with Crippen LogP contribution in [0.2, 0.25) is 0 Å². The van der Waals surface area contributed by atoms with Gasteiger partial charge in [0.05, 0.1) is 0 Å². The average molecular weight is 302 g/mol. The van der Waals surface area contributed by atoms with Crippen molar-refractivity contribution in [3.05, 3.63) is 11.7 Å². The first-order valence-electron chi connectivity index (χ1n) is 6.08. The van der Waals surface area contributed by atoms with Crippen molar-refractivity contribution in [2.45, 2.75) is 25.8 Å². The molecule has 2 amide bonds. The number of hydrogen-bond acceptors (Lipinski definition) is 6. The smallest absolute Gasteiger partial charge is 0.326 e. The third kappa shape index (κ3) is 5.91. The summed E-state index contributed by atoms with van der Waals surface area (Å²) >= 11 is 1.53. The molecule has 3 N–H and O–H groups in total. The maximum atomic E-state index is 11.6. The molecule has 0 aliphatic heterocycles. The molecule has 1 unspecified atom stereocenters. The number of carbonyl (C=O) groups excluding carboxylic acids is 1. The fourth-order valence-electron chi connectivity index (χ4n) is 1.43. The van der Waals surface area contributed by atoms with Crippen LogP contribution in [0.4, 0.5) is 4.79 Å². The molecule has 0 radical (unpaired) electrons. The molecule has 8 nitrogen and oxygen atoms in total. The van der Waals surface area contributed by atoms with E-state index in [2.05, 4.69) is 20.8 Å². The van der Waals surface area contributed by atoms with Crippen molar-refractivity contribution >= 4 is 23.8 Å². The minimum absolute atomic E-state index is 0.294. The predicted octanol–water partition coefficient (Wildman–Crippen LogP) is 0.426. The Morgan fingerprint density at radius 2 is 2.25 bits per heavy atom. The van der Waals surface area contributed by atoms with Gasteiger partial charge in [-0.15, -0.1) is 0 Å². The topological polar surface area (TPSA) is 117 Å². The van der Waals surface area contributed by atoms with Crippen LogP contribution in [0.25, 0.3) is 0 Å². The second-order valence-corrected chi connectivity index (χ2v) is 5.04. The molecule has 1 atom stereocenters. The molecular formula is C11H18N4O4S. The number of aromatic nitrogens is 2. The number of nitrogens with one attached hydrogen (secondary N) is 2. The summed E-state index contributed by atoms with van der Waals surface area (Å²) in [6.07, 6.45) is 2.66. The van der Waals surface area contributed by atoms with E-state index in [9.17, 15) is 9.59 Å². The van der Waals surface area contributed by atoms with Crippen LogP contribution in [0, 0.1) is 6.92 Å². The SMILES string of the molecule is CSCCC(NC(=O)NCCc1nc(C)no1)C(=O)O. The fraction of sp³-hybridized carbons (Fsp3) is 0.636. The first kappa shape index (κ1) is 16.3. The standard InChI is InChI=1S/C11H18N4O4S/c1-7-13-9(19-15-7)3-5-12-11(18)14-8(10(16)17)4-6-20-2/h8H,3-6H2,1-2H3,(H,16,17)(H2,12,14,18). The van der Waals surface area contributed by atoms with Crippen LogP contribution in [-0.4, -0.2) is 51.8 Å². The molecule has 0 saturated heterocycles. The number of carboxylic acids is 1. The number of thioether (sulfide) groups is 1. The largest absolute Gasteiger partial charge is 0.480 e. The second kappa shape index (κ2) is 8.41. The van der Waals surface area contributed by atoms with Gasteiger partial charge in [0.25, 0.3) is 0 Å². The van der Waals surface area contributed by atoms with E-state index in [0.29, 0.717) is 36.9 Å². The van der Waals surface area contributed by atoms with Crippen LogP contribution in [0.3, 0.4) is 0 Å². The van der Waals surface area contributed by atoms with E-state index in [1.54, 1.807) is 6.92 Å². The van der Waals surface area contributed by atoms with Crippen molar-refractivity contribution < 1.29 is 19.2 Å². The number of nitrogens with zero attached hydrogens (tertiary/aromatic N) is 2. The Kier molecular flexibility index (Phi) is 6.85. The molecule has 0 aromatic carbocycles. The fourth-order valence-corrected chi connectivity index (χ4v) is 1.90. The molecule has 9 heteroatoms. The molecule has 112 valence electrons. The quantitative estimate of drug-likeness (QED) is 0.637. The lowest BCUT2D eigenvalue weighted by Crippen LogP contribution is -2.46. The van der Waals surface area contributed by atoms with Crippen LogP contribution < -0.4 is 10.6 Å². The van der Waals surface area contributed by atoms with Gasteiger partial charge in [-0.1, -0.05) is 5.16 Å². The van der Waals surface area contributed by atoms with Crippen molar-refractivity contribution in [3.8, 4) is 0 Å². The van der Waals surface area contributed by atoms with Crippen LogP contribution in [0.15, 0.2) is 4.52 Å². The monoisotopic (exact) mass is 302 g/mol. The van der Waals surface area contributed by atoms with Crippen LogP contribution in [0.1, 0.15) is 18.1 Å². The highest BCUT2D eigenvalue weighted by atomic mass is 32.2. The summed E-state index contributed by atoms with van der Waals surface area (Å²) in [6.45, 7) is 2.00. The van der Waals surface area contributed by atoms with Gasteiger partial charge in [-0.3, -0.25) is 0 Å². The van der Waals surface area contributed by atoms with Crippen molar-refractivity contribution in [1.29, 1.82) is 0 Å². The molecule has 0 aliphatic carbocycles. The minimum Gasteiger partial charge on any atom is -0.480 e. The zero-order valence-electron chi connectivity index (χ0n) is 11.4. The minimum atomic E-state index is -1.04. The summed E-state index contributed by atoms with van der Waals surface area (Å²) in [5.74, 6) is 0.590. The van der Waals surface area contributed by atoms with Crippen LogP contribution >= 0.6 is 11.8 Å². The molecule has 1 aromatic rings. The van der Waals surface area contributed by atoms with Gasteiger partial charge in [-0.05, 0) is 25.4 Å². The van der Waals surface area contributed by atoms with Crippen molar-refractivity contribution in [2.24, 2.45) is 0 Å². The van der Waals surface area contributed by atoms with Gasteiger partial charge in [0, 0.05) is 13.0 Å². The Morgan fingerprint density at radius 3 is 2.80 bits per heavy atom. The third-order valence-electron chi connectivity index (χ3n) is 2.41. The van der Waals surface area contributed by atoms with Crippen molar-refractivity contribution in [2.75, 3.05) is 18.6 Å². The molecule has 1 heterocycles. The normalized spacial score (nSPS) is 11.9. The van der Waals surface area contributed by atoms with E-state index in [-0.39, 0.29) is 0 Å². The molecule has 0 bridgehead atoms. The summed E-state index contributed by atoms with van der Waals surface area (Å²) in [5.41, 5.74) is 0. The van der Waals surface area contributed by atoms with E-state index in [1.165, 1.54) is 11.8 Å². The number of aliphatic carboxylic acids is 1. The number of aryl methyl sites for hydroxylation is 1. The lowest BCUT2D eigenvalue weighted by atomic mass is 10.2. The third-order valence-corrected chi connectivity index (χ3v) is 3.05. The first-order valence-corrected chi connectivity index (χ1v) is 7.47. The molecule has 20 heavy (non-hydrogen) atoms. The average Bonchev–Trinajstić information content (AvgIpc) is 2.80. The number of carboxylic acid groups (broad SMARTS) is 1. The first-order chi connectivity index (χ1) is 9.52. The van der Waals surface area contributed by atoms with E-state index >= 15 is 0 Å². The highest BCUT2D eigenvalue weighted by Crippen LogP contribution is 2.01. The summed E-state index contributed by atoms with van der Waals surface area (Å²) in [7, 11) is 0. The molecule has 1 aromatic heterocycles. The molecule has 0 spiro atoms. The Hall–Kier alpha value is -1.77. The lowest BCUT2D eigenvalue weighted by Gasteiger charge is -2.14. The van der Waals surface area contributed by atoms with Gasteiger partial charge >= 0.3 is 12.0 Å². The highest BCUT2D eigenvalue weighted by molar-refractivity contribution is 7.98. The lowest BCUT2D eigenvalue weighted by molar-refractivity contribution is -0.139. The van der Waals surface area contributed by atoms with Crippen molar-refractivity contribution in [1.82, 2.24) is 20.8 Å². The van der Waals surface area contributed by atoms with Crippen LogP contribution in [-0.2, 0) is 11.2 Å². The number of carbonyl (C=O) groups is 2. The molecule has 0 saturated carbocycles. The van der Waals surface area contributed by atoms with Crippen molar-refractivity contribution in [3.63, 3.8) is 0 Å². The molecule has 0 aliphatic rings. The second-order valence-electron chi connectivity index (χ2n) is 4.06. The maximum absolute atomic E-state index is 11.6. The van der Waals surface area contributed by atoms with Gasteiger partial charge in [0.15, 0.2) is 5.82 Å². The van der Waals surface area contributed by atoms with Gasteiger partial charge in [-0.2, -0.15) is 16.7 Å². The van der Waals surface area contributed by atoms with Gasteiger partial charge in [-0.25, -0.2) is 9.59 Å². The number of hydrogen-bond donors (Lipinski definition) is 3. The van der Waals surface area contributed by atoms with E-state index in [1.807, 2.05) is 6.26 Å². The number of amides is 2. The number of urea groups is 1. The number of rotatable bonds is 8. The maximum Gasteiger partial charge on any atom is 0.326 e. The van der Waals surface area contributed by atoms with E-state index in [0.717, 1.165) is 0 Å². The zero-order valence-corrected chi connectivity index (χ0v) is 12.2. The Labute approximate surface area is 120 Å². The predicted molar refractivity (Wildman–Crippen MR) is 73.7 cm³/mol. The summed E-state index contributed by atoms with van der Waals surface area (Å²) < 4.78 is 4.89. The summed E-state index contributed by atoms with van der Waals surface area (Å²) in [4.78, 5) is 26.5. The Balaban J connectivity index is 2.28. The molecule has 1 rings (SSSR count). The van der Waals surface area contributed by atoms with Gasteiger partial charge < -0.3 is 20.3 Å². The van der Waals surface area contributed by atoms with E-state index < -0.39 is 18.0 Å². The van der Waals surface area contributed by atoms with Crippen LogP contribution in [0.5, 0.6) is 0 Å². The molecular weight excluding hydrogens is 284 g/mol.